The average Bonchev–Trinajstić information content (AvgIpc) is 3.06. The molecule has 0 radical (unpaired) electrons. The molecule has 178 valence electrons. The zero-order valence-corrected chi connectivity index (χ0v) is 21.1. The molecule has 6 aromatic carbocycles. The maximum atomic E-state index is 13.9. The molecule has 37 heavy (non-hydrogen) atoms. The molecular formula is C33H23O3P. The molecular weight excluding hydrogens is 475 g/mol. The van der Waals surface area contributed by atoms with Crippen LogP contribution in [0.4, 0.5) is 0 Å². The Labute approximate surface area is 215 Å². The van der Waals surface area contributed by atoms with E-state index in [9.17, 15) is 4.57 Å². The Morgan fingerprint density at radius 2 is 0.892 bits per heavy atom. The monoisotopic (exact) mass is 498 g/mol. The number of hydrogen-bond acceptors (Lipinski definition) is 3. The number of rotatable bonds is 2. The molecule has 0 unspecified atom stereocenters. The Hall–Kier alpha value is -4.33. The standard InChI is InChI=1S/C33H23O3P/c1-37(34)35-32-26-18-10-8-16-24(26)20-28(22-12-4-2-5-13-22)30(32)31-29(23-14-6-3-7-15-23)21-25-17-9-11-19-27(25)33(31)36-37/h2-21H,1H3. The predicted octanol–water partition coefficient (Wildman–Crippen LogP) is 9.59. The highest BCUT2D eigenvalue weighted by Crippen LogP contribution is 2.61. The molecule has 6 aromatic rings. The summed E-state index contributed by atoms with van der Waals surface area (Å²) in [5.74, 6) is 1.18. The Balaban J connectivity index is 1.74. The summed E-state index contributed by atoms with van der Waals surface area (Å²) in [6, 6.07) is 41.2. The molecule has 0 amide bonds. The molecule has 3 nitrogen and oxygen atoms in total. The van der Waals surface area contributed by atoms with Crippen LogP contribution >= 0.6 is 7.60 Å². The Morgan fingerprint density at radius 3 is 1.32 bits per heavy atom. The highest BCUT2D eigenvalue weighted by atomic mass is 31.2. The van der Waals surface area contributed by atoms with Crippen LogP contribution in [0.3, 0.4) is 0 Å². The Kier molecular flexibility index (Phi) is 4.96. The first-order valence-electron chi connectivity index (χ1n) is 12.3. The molecule has 0 saturated heterocycles. The topological polar surface area (TPSA) is 35.5 Å². The Bertz CT molecular complexity index is 1730. The second kappa shape index (κ2) is 8.37. The fourth-order valence-electron chi connectivity index (χ4n) is 5.36. The normalized spacial score (nSPS) is 13.8. The van der Waals surface area contributed by atoms with Crippen LogP contribution in [0.15, 0.2) is 121 Å². The smallest absolute Gasteiger partial charge is 0.415 e. The highest BCUT2D eigenvalue weighted by molar-refractivity contribution is 7.53. The highest BCUT2D eigenvalue weighted by Gasteiger charge is 2.35. The lowest BCUT2D eigenvalue weighted by atomic mass is 9.84. The van der Waals surface area contributed by atoms with E-state index < -0.39 is 7.60 Å². The summed E-state index contributed by atoms with van der Waals surface area (Å²) < 4.78 is 26.7. The molecule has 0 bridgehead atoms. The van der Waals surface area contributed by atoms with Gasteiger partial charge in [-0.3, -0.25) is 0 Å². The molecule has 7 rings (SSSR count). The van der Waals surface area contributed by atoms with Crippen LogP contribution in [-0.4, -0.2) is 6.66 Å². The van der Waals surface area contributed by atoms with E-state index in [4.69, 9.17) is 9.05 Å². The molecule has 0 saturated carbocycles. The lowest BCUT2D eigenvalue weighted by molar-refractivity contribution is 0.402. The summed E-state index contributed by atoms with van der Waals surface area (Å²) in [6.45, 7) is 1.56. The maximum Gasteiger partial charge on any atom is 0.427 e. The second-order valence-corrected chi connectivity index (χ2v) is 11.3. The van der Waals surface area contributed by atoms with Crippen molar-refractivity contribution < 1.29 is 13.6 Å². The number of fused-ring (bicyclic) bond motifs is 7. The molecule has 0 aromatic heterocycles. The van der Waals surface area contributed by atoms with E-state index in [1.165, 1.54) is 0 Å². The Morgan fingerprint density at radius 1 is 0.514 bits per heavy atom. The van der Waals surface area contributed by atoms with E-state index in [1.807, 2.05) is 72.8 Å². The summed E-state index contributed by atoms with van der Waals surface area (Å²) in [6.07, 6.45) is 0. The van der Waals surface area contributed by atoms with Crippen LogP contribution in [0, 0.1) is 0 Å². The summed E-state index contributed by atoms with van der Waals surface area (Å²) in [7, 11) is -3.53. The summed E-state index contributed by atoms with van der Waals surface area (Å²) in [5, 5.41) is 3.85. The van der Waals surface area contributed by atoms with Gasteiger partial charge >= 0.3 is 7.60 Å². The minimum atomic E-state index is -3.53. The first-order chi connectivity index (χ1) is 18.1. The van der Waals surface area contributed by atoms with Crippen molar-refractivity contribution in [2.24, 2.45) is 0 Å². The SMILES string of the molecule is CP1(=O)Oc2c(c(-c3ccccc3)cc3ccccc23)-c2c(-c3ccccc3)cc3ccccc3c2O1. The van der Waals surface area contributed by atoms with Crippen LogP contribution in [0.1, 0.15) is 0 Å². The van der Waals surface area contributed by atoms with E-state index >= 15 is 0 Å². The third-order valence-corrected chi connectivity index (χ3v) is 7.97. The van der Waals surface area contributed by atoms with Crippen molar-refractivity contribution >= 4 is 29.1 Å². The van der Waals surface area contributed by atoms with Gasteiger partial charge in [0.1, 0.15) is 11.5 Å². The third-order valence-electron chi connectivity index (χ3n) is 6.94. The average molecular weight is 499 g/mol. The molecule has 1 heterocycles. The van der Waals surface area contributed by atoms with Crippen molar-refractivity contribution in [2.75, 3.05) is 6.66 Å². The predicted molar refractivity (Wildman–Crippen MR) is 153 cm³/mol. The minimum absolute atomic E-state index is 0.592. The third kappa shape index (κ3) is 3.63. The number of benzene rings is 6. The van der Waals surface area contributed by atoms with Crippen molar-refractivity contribution in [3.63, 3.8) is 0 Å². The van der Waals surface area contributed by atoms with Gasteiger partial charge < -0.3 is 9.05 Å². The first kappa shape index (κ1) is 21.9. The van der Waals surface area contributed by atoms with Gasteiger partial charge in [0.15, 0.2) is 0 Å². The van der Waals surface area contributed by atoms with Crippen molar-refractivity contribution in [3.8, 4) is 44.9 Å². The van der Waals surface area contributed by atoms with Crippen molar-refractivity contribution in [1.29, 1.82) is 0 Å². The summed E-state index contributed by atoms with van der Waals surface area (Å²) >= 11 is 0. The van der Waals surface area contributed by atoms with Crippen molar-refractivity contribution in [2.45, 2.75) is 0 Å². The van der Waals surface area contributed by atoms with Gasteiger partial charge in [-0.1, -0.05) is 109 Å². The van der Waals surface area contributed by atoms with Crippen LogP contribution in [0.5, 0.6) is 11.5 Å². The lowest BCUT2D eigenvalue weighted by Gasteiger charge is -2.20. The van der Waals surface area contributed by atoms with E-state index in [0.29, 0.717) is 11.5 Å². The van der Waals surface area contributed by atoms with E-state index in [0.717, 1.165) is 54.9 Å². The maximum absolute atomic E-state index is 13.9. The molecule has 4 heteroatoms. The fraction of sp³-hybridized carbons (Fsp3) is 0.0303. The van der Waals surface area contributed by atoms with Gasteiger partial charge in [0.25, 0.3) is 0 Å². The molecule has 0 aliphatic carbocycles. The van der Waals surface area contributed by atoms with E-state index in [2.05, 4.69) is 48.5 Å². The van der Waals surface area contributed by atoms with Gasteiger partial charge in [-0.2, -0.15) is 0 Å². The fourth-order valence-corrected chi connectivity index (χ4v) is 6.44. The van der Waals surface area contributed by atoms with Gasteiger partial charge in [0.2, 0.25) is 0 Å². The van der Waals surface area contributed by atoms with Crippen LogP contribution in [-0.2, 0) is 4.57 Å². The molecule has 0 atom stereocenters. The van der Waals surface area contributed by atoms with Gasteiger partial charge in [-0.25, -0.2) is 4.57 Å². The first-order valence-corrected chi connectivity index (χ1v) is 14.3. The molecule has 0 fully saturated rings. The summed E-state index contributed by atoms with van der Waals surface area (Å²) in [4.78, 5) is 0. The van der Waals surface area contributed by atoms with Crippen LogP contribution in [0.2, 0.25) is 0 Å². The molecule has 0 spiro atoms. The van der Waals surface area contributed by atoms with Crippen molar-refractivity contribution in [3.05, 3.63) is 121 Å². The zero-order valence-electron chi connectivity index (χ0n) is 20.2. The molecule has 1 aliphatic heterocycles. The molecule has 1 aliphatic rings. The largest absolute Gasteiger partial charge is 0.427 e. The lowest BCUT2D eigenvalue weighted by Crippen LogP contribution is -1.98. The van der Waals surface area contributed by atoms with E-state index in [1.54, 1.807) is 6.66 Å². The van der Waals surface area contributed by atoms with Gasteiger partial charge in [0.05, 0.1) is 6.66 Å². The summed E-state index contributed by atoms with van der Waals surface area (Å²) in [5.41, 5.74) is 5.91. The second-order valence-electron chi connectivity index (χ2n) is 9.38. The quantitative estimate of drug-likeness (QED) is 0.223. The van der Waals surface area contributed by atoms with Gasteiger partial charge in [-0.05, 0) is 45.2 Å². The molecule has 0 N–H and O–H groups in total. The van der Waals surface area contributed by atoms with Crippen LogP contribution < -0.4 is 9.05 Å². The van der Waals surface area contributed by atoms with Gasteiger partial charge in [-0.15, -0.1) is 0 Å². The zero-order chi connectivity index (χ0) is 25.0. The van der Waals surface area contributed by atoms with Crippen molar-refractivity contribution in [1.82, 2.24) is 0 Å². The minimum Gasteiger partial charge on any atom is -0.415 e. The van der Waals surface area contributed by atoms with E-state index in [-0.39, 0.29) is 0 Å². The number of hydrogen-bond donors (Lipinski definition) is 0. The van der Waals surface area contributed by atoms with Gasteiger partial charge in [0, 0.05) is 21.9 Å². The van der Waals surface area contributed by atoms with Crippen LogP contribution in [0.25, 0.3) is 54.9 Å².